The van der Waals surface area contributed by atoms with Gasteiger partial charge in [0.2, 0.25) is 0 Å². The van der Waals surface area contributed by atoms with Gasteiger partial charge in [-0.25, -0.2) is 0 Å². The zero-order valence-corrected chi connectivity index (χ0v) is 14.2. The van der Waals surface area contributed by atoms with Crippen LogP contribution in [0.4, 0.5) is 0 Å². The van der Waals surface area contributed by atoms with E-state index in [0.29, 0.717) is 19.7 Å². The number of aryl methyl sites for hydroxylation is 1. The van der Waals surface area contributed by atoms with Crippen LogP contribution in [-0.4, -0.2) is 39.6 Å². The number of aliphatic hydroxyl groups is 1. The molecule has 2 aromatic heterocycles. The van der Waals surface area contributed by atoms with Gasteiger partial charge in [0.05, 0.1) is 11.8 Å². The van der Waals surface area contributed by atoms with Crippen LogP contribution in [0.3, 0.4) is 0 Å². The molecule has 130 valence electrons. The Labute approximate surface area is 147 Å². The second-order valence-electron chi connectivity index (χ2n) is 5.75. The number of hydrogen-bond acceptors (Lipinski definition) is 5. The largest absolute Gasteiger partial charge is 0.492 e. The van der Waals surface area contributed by atoms with Crippen molar-refractivity contribution in [1.29, 1.82) is 0 Å². The van der Waals surface area contributed by atoms with Crippen molar-refractivity contribution in [1.82, 2.24) is 20.1 Å². The van der Waals surface area contributed by atoms with Gasteiger partial charge in [0.15, 0.2) is 0 Å². The molecule has 0 bridgehead atoms. The zero-order valence-electron chi connectivity index (χ0n) is 14.2. The third-order valence-electron chi connectivity index (χ3n) is 3.82. The fourth-order valence-corrected chi connectivity index (χ4v) is 2.46. The number of rotatable bonds is 8. The molecule has 2 N–H and O–H groups in total. The quantitative estimate of drug-likeness (QED) is 0.616. The van der Waals surface area contributed by atoms with Gasteiger partial charge in [-0.3, -0.25) is 9.67 Å². The van der Waals surface area contributed by atoms with Crippen molar-refractivity contribution >= 4 is 0 Å². The lowest BCUT2D eigenvalue weighted by Gasteiger charge is -2.12. The Balaban J connectivity index is 1.39. The molecule has 0 amide bonds. The molecule has 6 nitrogen and oxygen atoms in total. The fourth-order valence-electron chi connectivity index (χ4n) is 2.46. The van der Waals surface area contributed by atoms with Gasteiger partial charge in [-0.2, -0.15) is 5.10 Å². The maximum absolute atomic E-state index is 10.0. The summed E-state index contributed by atoms with van der Waals surface area (Å²) in [4.78, 5) is 4.00. The maximum atomic E-state index is 10.0. The Morgan fingerprint density at radius 2 is 2.04 bits per heavy atom. The van der Waals surface area contributed by atoms with Crippen LogP contribution < -0.4 is 10.1 Å². The van der Waals surface area contributed by atoms with E-state index in [1.165, 1.54) is 0 Å². The molecule has 0 aliphatic carbocycles. The lowest BCUT2D eigenvalue weighted by atomic mass is 10.1. The van der Waals surface area contributed by atoms with Crippen molar-refractivity contribution in [2.75, 3.05) is 19.7 Å². The van der Waals surface area contributed by atoms with Gasteiger partial charge in [-0.1, -0.05) is 6.07 Å². The minimum Gasteiger partial charge on any atom is -0.492 e. The first-order chi connectivity index (χ1) is 12.2. The summed E-state index contributed by atoms with van der Waals surface area (Å²) < 4.78 is 7.49. The highest BCUT2D eigenvalue weighted by atomic mass is 16.5. The Hall–Kier alpha value is -2.70. The van der Waals surface area contributed by atoms with E-state index in [2.05, 4.69) is 15.4 Å². The second-order valence-corrected chi connectivity index (χ2v) is 5.75. The van der Waals surface area contributed by atoms with Crippen molar-refractivity contribution in [2.24, 2.45) is 7.05 Å². The summed E-state index contributed by atoms with van der Waals surface area (Å²) in [5, 5.41) is 17.6. The lowest BCUT2D eigenvalue weighted by molar-refractivity contribution is 0.171. The first kappa shape index (κ1) is 17.1. The van der Waals surface area contributed by atoms with Crippen molar-refractivity contribution in [2.45, 2.75) is 6.10 Å². The number of hydrogen-bond donors (Lipinski definition) is 2. The van der Waals surface area contributed by atoms with E-state index in [-0.39, 0.29) is 0 Å². The molecule has 0 aliphatic heterocycles. The van der Waals surface area contributed by atoms with Gasteiger partial charge in [0.1, 0.15) is 12.4 Å². The number of aliphatic hydroxyl groups excluding tert-OH is 1. The summed E-state index contributed by atoms with van der Waals surface area (Å²) in [6, 6.07) is 13.5. The van der Waals surface area contributed by atoms with E-state index in [4.69, 9.17) is 4.74 Å². The van der Waals surface area contributed by atoms with E-state index in [1.807, 2.05) is 55.7 Å². The van der Waals surface area contributed by atoms with Gasteiger partial charge < -0.3 is 15.2 Å². The van der Waals surface area contributed by atoms with E-state index in [9.17, 15) is 5.11 Å². The minimum absolute atomic E-state index is 0.466. The monoisotopic (exact) mass is 338 g/mol. The Morgan fingerprint density at radius 1 is 1.20 bits per heavy atom. The number of nitrogens with one attached hydrogen (secondary N) is 1. The normalized spacial score (nSPS) is 12.1. The molecule has 0 spiro atoms. The van der Waals surface area contributed by atoms with Crippen LogP contribution in [0.1, 0.15) is 11.7 Å². The van der Waals surface area contributed by atoms with Crippen LogP contribution in [-0.2, 0) is 7.05 Å². The summed E-state index contributed by atoms with van der Waals surface area (Å²) in [5.41, 5.74) is 2.81. The highest BCUT2D eigenvalue weighted by Crippen LogP contribution is 2.20. The summed E-state index contributed by atoms with van der Waals surface area (Å²) in [6.07, 6.45) is 4.72. The van der Waals surface area contributed by atoms with Crippen LogP contribution >= 0.6 is 0 Å². The molecule has 25 heavy (non-hydrogen) atoms. The van der Waals surface area contributed by atoms with Gasteiger partial charge in [0.25, 0.3) is 0 Å². The SMILES string of the molecule is Cn1ccc(-c2ccc(OCCNC[C@H](O)c3cccnc3)cc2)n1. The molecule has 6 heteroatoms. The van der Waals surface area contributed by atoms with Gasteiger partial charge >= 0.3 is 0 Å². The average Bonchev–Trinajstić information content (AvgIpc) is 3.09. The predicted molar refractivity (Wildman–Crippen MR) is 96.2 cm³/mol. The first-order valence-corrected chi connectivity index (χ1v) is 8.24. The Bertz CT molecular complexity index is 772. The number of nitrogens with zero attached hydrogens (tertiary/aromatic N) is 3. The number of benzene rings is 1. The third-order valence-corrected chi connectivity index (χ3v) is 3.82. The molecule has 0 unspecified atom stereocenters. The van der Waals surface area contributed by atoms with Crippen LogP contribution in [0, 0.1) is 0 Å². The van der Waals surface area contributed by atoms with E-state index in [1.54, 1.807) is 17.1 Å². The molecule has 0 saturated heterocycles. The van der Waals surface area contributed by atoms with Crippen molar-refractivity contribution < 1.29 is 9.84 Å². The van der Waals surface area contributed by atoms with Crippen molar-refractivity contribution in [3.63, 3.8) is 0 Å². The molecule has 0 fully saturated rings. The van der Waals surface area contributed by atoms with E-state index < -0.39 is 6.10 Å². The molecular weight excluding hydrogens is 316 g/mol. The van der Waals surface area contributed by atoms with Crippen LogP contribution in [0.15, 0.2) is 61.1 Å². The molecule has 0 saturated carbocycles. The molecular formula is C19H22N4O2. The molecule has 1 aromatic carbocycles. The Morgan fingerprint density at radius 3 is 2.72 bits per heavy atom. The molecule has 0 aliphatic rings. The highest BCUT2D eigenvalue weighted by molar-refractivity contribution is 5.59. The highest BCUT2D eigenvalue weighted by Gasteiger charge is 2.06. The first-order valence-electron chi connectivity index (χ1n) is 8.24. The van der Waals surface area contributed by atoms with Crippen LogP contribution in [0.5, 0.6) is 5.75 Å². The molecule has 3 rings (SSSR count). The standard InChI is InChI=1S/C19H22N4O2/c1-23-11-8-18(22-23)15-4-6-17(7-5-15)25-12-10-21-14-19(24)16-3-2-9-20-13-16/h2-9,11,13,19,21,24H,10,12,14H2,1H3/t19-/m0/s1. The van der Waals surface area contributed by atoms with Crippen LogP contribution in [0.2, 0.25) is 0 Å². The summed E-state index contributed by atoms with van der Waals surface area (Å²) in [5.74, 6) is 0.814. The van der Waals surface area contributed by atoms with Gasteiger partial charge in [0, 0.05) is 49.9 Å². The lowest BCUT2D eigenvalue weighted by Crippen LogP contribution is -2.26. The number of pyridine rings is 1. The van der Waals surface area contributed by atoms with Gasteiger partial charge in [-0.05, 0) is 36.4 Å². The van der Waals surface area contributed by atoms with Crippen molar-refractivity contribution in [3.8, 4) is 17.0 Å². The number of aromatic nitrogens is 3. The molecule has 3 aromatic rings. The Kier molecular flexibility index (Phi) is 5.77. The summed E-state index contributed by atoms with van der Waals surface area (Å²) >= 11 is 0. The van der Waals surface area contributed by atoms with Crippen LogP contribution in [0.25, 0.3) is 11.3 Å². The topological polar surface area (TPSA) is 72.2 Å². The molecule has 0 radical (unpaired) electrons. The summed E-state index contributed by atoms with van der Waals surface area (Å²) in [7, 11) is 1.90. The average molecular weight is 338 g/mol. The predicted octanol–water partition coefficient (Wildman–Crippen LogP) is 2.18. The van der Waals surface area contributed by atoms with E-state index in [0.717, 1.165) is 22.6 Å². The van der Waals surface area contributed by atoms with E-state index >= 15 is 0 Å². The zero-order chi connectivity index (χ0) is 17.5. The third kappa shape index (κ3) is 4.89. The molecule has 2 heterocycles. The smallest absolute Gasteiger partial charge is 0.119 e. The maximum Gasteiger partial charge on any atom is 0.119 e. The van der Waals surface area contributed by atoms with Gasteiger partial charge in [-0.15, -0.1) is 0 Å². The number of ether oxygens (including phenoxy) is 1. The summed E-state index contributed by atoms with van der Waals surface area (Å²) in [6.45, 7) is 1.65. The fraction of sp³-hybridized carbons (Fsp3) is 0.263. The molecule has 1 atom stereocenters. The second kappa shape index (κ2) is 8.41. The minimum atomic E-state index is -0.564. The van der Waals surface area contributed by atoms with Crippen molar-refractivity contribution in [3.05, 3.63) is 66.6 Å².